The molecule has 2 rings (SSSR count). The van der Waals surface area contributed by atoms with Crippen LogP contribution in [0.2, 0.25) is 0 Å². The average Bonchev–Trinajstić information content (AvgIpc) is 2.84. The summed E-state index contributed by atoms with van der Waals surface area (Å²) in [6.07, 6.45) is 2.21. The zero-order chi connectivity index (χ0) is 15.2. The number of para-hydroxylation sites is 1. The first-order chi connectivity index (χ1) is 10.1. The summed E-state index contributed by atoms with van der Waals surface area (Å²) in [5.74, 6) is 0.812. The van der Waals surface area contributed by atoms with Gasteiger partial charge in [-0.1, -0.05) is 25.1 Å². The molecule has 1 aromatic heterocycles. The van der Waals surface area contributed by atoms with Gasteiger partial charge in [0.1, 0.15) is 18.5 Å². The number of aliphatic hydroxyl groups is 1. The second-order valence-electron chi connectivity index (χ2n) is 5.13. The number of anilines is 1. The average molecular weight is 289 g/mol. The van der Waals surface area contributed by atoms with Gasteiger partial charge in [0.05, 0.1) is 11.4 Å². The van der Waals surface area contributed by atoms with Crippen molar-refractivity contribution in [1.82, 2.24) is 9.78 Å². The highest BCUT2D eigenvalue weighted by Gasteiger charge is 2.10. The Bertz CT molecular complexity index is 581. The summed E-state index contributed by atoms with van der Waals surface area (Å²) in [6.45, 7) is 4.75. The standard InChI is InChI=1S/C16H23N3O2/c1-4-14-15(10-19(3)18-14)17-9-13(20)11-21-16-8-6-5-7-12(16)2/h5-8,10,13,17,20H,4,9,11H2,1-3H3. The van der Waals surface area contributed by atoms with Crippen LogP contribution in [-0.4, -0.2) is 34.1 Å². The van der Waals surface area contributed by atoms with E-state index in [1.54, 1.807) is 4.68 Å². The fourth-order valence-corrected chi connectivity index (χ4v) is 2.13. The van der Waals surface area contributed by atoms with E-state index in [1.807, 2.05) is 44.4 Å². The fraction of sp³-hybridized carbons (Fsp3) is 0.438. The molecule has 5 heteroatoms. The third-order valence-electron chi connectivity index (χ3n) is 3.29. The lowest BCUT2D eigenvalue weighted by Crippen LogP contribution is -2.26. The normalized spacial score (nSPS) is 12.2. The van der Waals surface area contributed by atoms with Gasteiger partial charge >= 0.3 is 0 Å². The van der Waals surface area contributed by atoms with Crippen LogP contribution < -0.4 is 10.1 Å². The second kappa shape index (κ2) is 7.13. The lowest BCUT2D eigenvalue weighted by Gasteiger charge is -2.14. The smallest absolute Gasteiger partial charge is 0.122 e. The number of nitrogens with one attached hydrogen (secondary N) is 1. The molecule has 0 saturated heterocycles. The first kappa shape index (κ1) is 15.4. The minimum atomic E-state index is -0.575. The van der Waals surface area contributed by atoms with Crippen LogP contribution in [0.4, 0.5) is 5.69 Å². The molecule has 1 aromatic carbocycles. The van der Waals surface area contributed by atoms with E-state index in [4.69, 9.17) is 4.74 Å². The van der Waals surface area contributed by atoms with Gasteiger partial charge in [-0.15, -0.1) is 0 Å². The van der Waals surface area contributed by atoms with Crippen molar-refractivity contribution in [3.8, 4) is 5.75 Å². The molecule has 0 bridgehead atoms. The molecule has 114 valence electrons. The van der Waals surface area contributed by atoms with Gasteiger partial charge in [0.15, 0.2) is 0 Å². The van der Waals surface area contributed by atoms with E-state index in [0.29, 0.717) is 6.54 Å². The van der Waals surface area contributed by atoms with E-state index in [-0.39, 0.29) is 6.61 Å². The molecule has 2 N–H and O–H groups in total. The maximum atomic E-state index is 10.0. The highest BCUT2D eigenvalue weighted by Crippen LogP contribution is 2.17. The van der Waals surface area contributed by atoms with E-state index in [1.165, 1.54) is 0 Å². The zero-order valence-corrected chi connectivity index (χ0v) is 12.8. The van der Waals surface area contributed by atoms with Gasteiger partial charge < -0.3 is 15.2 Å². The van der Waals surface area contributed by atoms with Gasteiger partial charge in [0.2, 0.25) is 0 Å². The van der Waals surface area contributed by atoms with E-state index in [9.17, 15) is 5.11 Å². The lowest BCUT2D eigenvalue weighted by atomic mass is 10.2. The predicted molar refractivity (Wildman–Crippen MR) is 83.8 cm³/mol. The molecule has 0 aliphatic carbocycles. The van der Waals surface area contributed by atoms with E-state index in [2.05, 4.69) is 17.3 Å². The molecular formula is C16H23N3O2. The van der Waals surface area contributed by atoms with Crippen LogP contribution in [0.15, 0.2) is 30.5 Å². The minimum Gasteiger partial charge on any atom is -0.491 e. The van der Waals surface area contributed by atoms with Gasteiger partial charge in [0, 0.05) is 19.8 Å². The van der Waals surface area contributed by atoms with Gasteiger partial charge in [-0.2, -0.15) is 5.10 Å². The first-order valence-corrected chi connectivity index (χ1v) is 7.23. The van der Waals surface area contributed by atoms with Gasteiger partial charge in [-0.05, 0) is 25.0 Å². The summed E-state index contributed by atoms with van der Waals surface area (Å²) >= 11 is 0. The Morgan fingerprint density at radius 3 is 2.86 bits per heavy atom. The molecule has 0 spiro atoms. The molecule has 1 unspecified atom stereocenters. The highest BCUT2D eigenvalue weighted by molar-refractivity contribution is 5.46. The molecule has 5 nitrogen and oxygen atoms in total. The Balaban J connectivity index is 1.82. The molecule has 0 amide bonds. The summed E-state index contributed by atoms with van der Waals surface area (Å²) in [5, 5.41) is 17.6. The van der Waals surface area contributed by atoms with Crippen LogP contribution >= 0.6 is 0 Å². The molecule has 0 aliphatic rings. The molecule has 0 saturated carbocycles. The number of hydrogen-bond donors (Lipinski definition) is 2. The van der Waals surface area contributed by atoms with Crippen LogP contribution in [0, 0.1) is 6.92 Å². The molecule has 21 heavy (non-hydrogen) atoms. The number of nitrogens with zero attached hydrogens (tertiary/aromatic N) is 2. The Morgan fingerprint density at radius 1 is 1.38 bits per heavy atom. The largest absolute Gasteiger partial charge is 0.491 e. The van der Waals surface area contributed by atoms with Crippen molar-refractivity contribution in [1.29, 1.82) is 0 Å². The molecule has 2 aromatic rings. The quantitative estimate of drug-likeness (QED) is 0.820. The summed E-state index contributed by atoms with van der Waals surface area (Å²) < 4.78 is 7.41. The highest BCUT2D eigenvalue weighted by atomic mass is 16.5. The van der Waals surface area contributed by atoms with Crippen molar-refractivity contribution in [2.75, 3.05) is 18.5 Å². The lowest BCUT2D eigenvalue weighted by molar-refractivity contribution is 0.117. The van der Waals surface area contributed by atoms with Crippen molar-refractivity contribution in [2.24, 2.45) is 7.05 Å². The van der Waals surface area contributed by atoms with Crippen molar-refractivity contribution in [2.45, 2.75) is 26.4 Å². The summed E-state index contributed by atoms with van der Waals surface area (Å²) in [6, 6.07) is 7.79. The van der Waals surface area contributed by atoms with Crippen molar-refractivity contribution < 1.29 is 9.84 Å². The van der Waals surface area contributed by atoms with Crippen LogP contribution in [0.25, 0.3) is 0 Å². The van der Waals surface area contributed by atoms with Crippen LogP contribution in [-0.2, 0) is 13.5 Å². The number of aryl methyl sites for hydroxylation is 3. The summed E-state index contributed by atoms with van der Waals surface area (Å²) in [4.78, 5) is 0. The van der Waals surface area contributed by atoms with Crippen molar-refractivity contribution >= 4 is 5.69 Å². The van der Waals surface area contributed by atoms with Crippen molar-refractivity contribution in [3.05, 3.63) is 41.7 Å². The zero-order valence-electron chi connectivity index (χ0n) is 12.8. The number of ether oxygens (including phenoxy) is 1. The predicted octanol–water partition coefficient (Wildman–Crippen LogP) is 2.14. The Hall–Kier alpha value is -2.01. The third kappa shape index (κ3) is 4.23. The van der Waals surface area contributed by atoms with Gasteiger partial charge in [0.25, 0.3) is 0 Å². The van der Waals surface area contributed by atoms with Crippen LogP contribution in [0.1, 0.15) is 18.2 Å². The maximum Gasteiger partial charge on any atom is 0.122 e. The molecule has 1 heterocycles. The Labute approximate surface area is 125 Å². The van der Waals surface area contributed by atoms with Gasteiger partial charge in [-0.3, -0.25) is 4.68 Å². The van der Waals surface area contributed by atoms with Crippen molar-refractivity contribution in [3.63, 3.8) is 0 Å². The molecule has 0 fully saturated rings. The van der Waals surface area contributed by atoms with Crippen LogP contribution in [0.5, 0.6) is 5.75 Å². The number of hydrogen-bond acceptors (Lipinski definition) is 4. The third-order valence-corrected chi connectivity index (χ3v) is 3.29. The number of rotatable bonds is 7. The van der Waals surface area contributed by atoms with E-state index in [0.717, 1.165) is 29.1 Å². The SMILES string of the molecule is CCc1nn(C)cc1NCC(O)COc1ccccc1C. The Morgan fingerprint density at radius 2 is 2.14 bits per heavy atom. The molecule has 0 aliphatic heterocycles. The number of aliphatic hydroxyl groups excluding tert-OH is 1. The van der Waals surface area contributed by atoms with Crippen LogP contribution in [0.3, 0.4) is 0 Å². The molecule has 1 atom stereocenters. The maximum absolute atomic E-state index is 10.0. The Kier molecular flexibility index (Phi) is 5.22. The number of benzene rings is 1. The fourth-order valence-electron chi connectivity index (χ4n) is 2.13. The second-order valence-corrected chi connectivity index (χ2v) is 5.13. The monoisotopic (exact) mass is 289 g/mol. The summed E-state index contributed by atoms with van der Waals surface area (Å²) in [7, 11) is 1.89. The number of aromatic nitrogens is 2. The molecule has 0 radical (unpaired) electrons. The minimum absolute atomic E-state index is 0.263. The van der Waals surface area contributed by atoms with Gasteiger partial charge in [-0.25, -0.2) is 0 Å². The summed E-state index contributed by atoms with van der Waals surface area (Å²) in [5.41, 5.74) is 3.04. The topological polar surface area (TPSA) is 59.3 Å². The first-order valence-electron chi connectivity index (χ1n) is 7.23. The van der Waals surface area contributed by atoms with E-state index >= 15 is 0 Å². The molecular weight excluding hydrogens is 266 g/mol. The van der Waals surface area contributed by atoms with E-state index < -0.39 is 6.10 Å².